The number of piperazine rings is 1. The molecule has 18 heavy (non-hydrogen) atoms. The van der Waals surface area contributed by atoms with Crippen LogP contribution in [0.4, 0.5) is 0 Å². The maximum atomic E-state index is 9.08. The van der Waals surface area contributed by atoms with Crippen LogP contribution >= 0.6 is 0 Å². The molecule has 1 N–H and O–H groups in total. The van der Waals surface area contributed by atoms with Gasteiger partial charge in [-0.25, -0.2) is 0 Å². The average molecular weight is 248 g/mol. The van der Waals surface area contributed by atoms with Crippen LogP contribution in [0.5, 0.6) is 0 Å². The van der Waals surface area contributed by atoms with Gasteiger partial charge in [0.25, 0.3) is 0 Å². The first-order valence-electron chi connectivity index (χ1n) is 6.87. The normalized spacial score (nSPS) is 19.9. The fourth-order valence-electron chi connectivity index (χ4n) is 2.47. The molecule has 0 unspecified atom stereocenters. The maximum absolute atomic E-state index is 9.08. The first-order valence-corrected chi connectivity index (χ1v) is 6.87. The SMILES string of the molecule is C[C@@H](CO)CN1CCN(Cc2ccccc2)CC1. The zero-order valence-electron chi connectivity index (χ0n) is 11.3. The third-order valence-corrected chi connectivity index (χ3v) is 3.60. The van der Waals surface area contributed by atoms with Gasteiger partial charge in [-0.3, -0.25) is 4.90 Å². The van der Waals surface area contributed by atoms with Crippen molar-refractivity contribution in [2.45, 2.75) is 13.5 Å². The second kappa shape index (κ2) is 6.88. The lowest BCUT2D eigenvalue weighted by Crippen LogP contribution is -2.47. The summed E-state index contributed by atoms with van der Waals surface area (Å²) in [6.45, 7) is 8.99. The summed E-state index contributed by atoms with van der Waals surface area (Å²) in [4.78, 5) is 4.97. The highest BCUT2D eigenvalue weighted by atomic mass is 16.3. The summed E-state index contributed by atoms with van der Waals surface area (Å²) in [5.41, 5.74) is 1.40. The first-order chi connectivity index (χ1) is 8.78. The second-order valence-corrected chi connectivity index (χ2v) is 5.35. The van der Waals surface area contributed by atoms with Crippen LogP contribution in [0.2, 0.25) is 0 Å². The number of hydrogen-bond donors (Lipinski definition) is 1. The highest BCUT2D eigenvalue weighted by molar-refractivity contribution is 5.14. The molecular weight excluding hydrogens is 224 g/mol. The quantitative estimate of drug-likeness (QED) is 0.854. The number of aliphatic hydroxyl groups is 1. The summed E-state index contributed by atoms with van der Waals surface area (Å²) in [7, 11) is 0. The van der Waals surface area contributed by atoms with Crippen LogP contribution in [0.3, 0.4) is 0 Å². The summed E-state index contributed by atoms with van der Waals surface area (Å²) in [6.07, 6.45) is 0. The van der Waals surface area contributed by atoms with Crippen molar-refractivity contribution >= 4 is 0 Å². The Morgan fingerprint density at radius 2 is 1.67 bits per heavy atom. The molecule has 0 aliphatic carbocycles. The lowest BCUT2D eigenvalue weighted by molar-refractivity contribution is 0.101. The molecule has 1 aromatic carbocycles. The Labute approximate surface area is 110 Å². The highest BCUT2D eigenvalue weighted by Gasteiger charge is 2.18. The Balaban J connectivity index is 1.73. The van der Waals surface area contributed by atoms with E-state index in [4.69, 9.17) is 5.11 Å². The minimum absolute atomic E-state index is 0.296. The number of nitrogens with zero attached hydrogens (tertiary/aromatic N) is 2. The van der Waals surface area contributed by atoms with E-state index in [1.807, 2.05) is 0 Å². The molecule has 100 valence electrons. The van der Waals surface area contributed by atoms with Crippen molar-refractivity contribution in [1.29, 1.82) is 0 Å². The number of rotatable bonds is 5. The third kappa shape index (κ3) is 4.09. The highest BCUT2D eigenvalue weighted by Crippen LogP contribution is 2.09. The van der Waals surface area contributed by atoms with Crippen molar-refractivity contribution < 1.29 is 5.11 Å². The van der Waals surface area contributed by atoms with Crippen LogP contribution in [0.15, 0.2) is 30.3 Å². The molecule has 3 nitrogen and oxygen atoms in total. The molecule has 3 heteroatoms. The molecule has 0 amide bonds. The zero-order valence-corrected chi connectivity index (χ0v) is 11.3. The van der Waals surface area contributed by atoms with Gasteiger partial charge in [0.15, 0.2) is 0 Å². The van der Waals surface area contributed by atoms with E-state index in [0.29, 0.717) is 12.5 Å². The zero-order chi connectivity index (χ0) is 12.8. The van der Waals surface area contributed by atoms with Crippen LogP contribution in [-0.4, -0.2) is 54.2 Å². The molecule has 0 radical (unpaired) electrons. The number of benzene rings is 1. The van der Waals surface area contributed by atoms with Crippen LogP contribution in [-0.2, 0) is 6.54 Å². The molecule has 1 aliphatic rings. The topological polar surface area (TPSA) is 26.7 Å². The summed E-state index contributed by atoms with van der Waals surface area (Å²) in [6, 6.07) is 10.7. The van der Waals surface area contributed by atoms with Gasteiger partial charge in [0, 0.05) is 45.9 Å². The molecule has 0 aromatic heterocycles. The minimum atomic E-state index is 0.296. The Morgan fingerprint density at radius 3 is 2.28 bits per heavy atom. The summed E-state index contributed by atoms with van der Waals surface area (Å²) >= 11 is 0. The van der Waals surface area contributed by atoms with Gasteiger partial charge in [0.2, 0.25) is 0 Å². The lowest BCUT2D eigenvalue weighted by Gasteiger charge is -2.35. The van der Waals surface area contributed by atoms with E-state index in [1.54, 1.807) is 0 Å². The smallest absolute Gasteiger partial charge is 0.0468 e. The van der Waals surface area contributed by atoms with Gasteiger partial charge in [0.1, 0.15) is 0 Å². The van der Waals surface area contributed by atoms with E-state index in [1.165, 1.54) is 5.56 Å². The largest absolute Gasteiger partial charge is 0.396 e. The molecule has 0 saturated carbocycles. The van der Waals surface area contributed by atoms with Gasteiger partial charge in [-0.05, 0) is 11.5 Å². The molecule has 1 saturated heterocycles. The summed E-state index contributed by atoms with van der Waals surface area (Å²) in [5, 5.41) is 9.08. The predicted octanol–water partition coefficient (Wildman–Crippen LogP) is 1.43. The summed E-state index contributed by atoms with van der Waals surface area (Å²) in [5.74, 6) is 0.394. The van der Waals surface area contributed by atoms with E-state index >= 15 is 0 Å². The Kier molecular flexibility index (Phi) is 5.17. The summed E-state index contributed by atoms with van der Waals surface area (Å²) < 4.78 is 0. The molecule has 2 rings (SSSR count). The van der Waals surface area contributed by atoms with Crippen molar-refractivity contribution in [2.75, 3.05) is 39.3 Å². The maximum Gasteiger partial charge on any atom is 0.0468 e. The second-order valence-electron chi connectivity index (χ2n) is 5.35. The standard InChI is InChI=1S/C15H24N2O/c1-14(13-18)11-16-7-9-17(10-8-16)12-15-5-3-2-4-6-15/h2-6,14,18H,7-13H2,1H3/t14-/m1/s1. The van der Waals surface area contributed by atoms with Crippen LogP contribution in [0, 0.1) is 5.92 Å². The third-order valence-electron chi connectivity index (χ3n) is 3.60. The van der Waals surface area contributed by atoms with Crippen LogP contribution < -0.4 is 0 Å². The molecular formula is C15H24N2O. The van der Waals surface area contributed by atoms with E-state index in [9.17, 15) is 0 Å². The van der Waals surface area contributed by atoms with Gasteiger partial charge in [-0.1, -0.05) is 37.3 Å². The van der Waals surface area contributed by atoms with Crippen molar-refractivity contribution in [3.8, 4) is 0 Å². The van der Waals surface area contributed by atoms with Gasteiger partial charge in [0.05, 0.1) is 0 Å². The number of aliphatic hydroxyl groups excluding tert-OH is 1. The Bertz CT molecular complexity index is 334. The minimum Gasteiger partial charge on any atom is -0.396 e. The monoisotopic (exact) mass is 248 g/mol. The van der Waals surface area contributed by atoms with Crippen molar-refractivity contribution in [3.63, 3.8) is 0 Å². The van der Waals surface area contributed by atoms with Crippen molar-refractivity contribution in [2.24, 2.45) is 5.92 Å². The van der Waals surface area contributed by atoms with E-state index in [2.05, 4.69) is 47.1 Å². The number of hydrogen-bond acceptors (Lipinski definition) is 3. The van der Waals surface area contributed by atoms with Gasteiger partial charge < -0.3 is 10.0 Å². The van der Waals surface area contributed by atoms with Crippen molar-refractivity contribution in [3.05, 3.63) is 35.9 Å². The van der Waals surface area contributed by atoms with Gasteiger partial charge in [-0.2, -0.15) is 0 Å². The molecule has 0 bridgehead atoms. The average Bonchev–Trinajstić information content (AvgIpc) is 2.42. The Hall–Kier alpha value is -0.900. The molecule has 1 fully saturated rings. The van der Waals surface area contributed by atoms with E-state index in [-0.39, 0.29) is 0 Å². The molecule has 0 spiro atoms. The van der Waals surface area contributed by atoms with E-state index < -0.39 is 0 Å². The van der Waals surface area contributed by atoms with Gasteiger partial charge >= 0.3 is 0 Å². The van der Waals surface area contributed by atoms with Crippen LogP contribution in [0.25, 0.3) is 0 Å². The van der Waals surface area contributed by atoms with Crippen molar-refractivity contribution in [1.82, 2.24) is 9.80 Å². The molecule has 1 atom stereocenters. The Morgan fingerprint density at radius 1 is 1.06 bits per heavy atom. The predicted molar refractivity (Wildman–Crippen MR) is 74.4 cm³/mol. The fourth-order valence-corrected chi connectivity index (χ4v) is 2.47. The van der Waals surface area contributed by atoms with Crippen LogP contribution in [0.1, 0.15) is 12.5 Å². The molecule has 1 aromatic rings. The van der Waals surface area contributed by atoms with E-state index in [0.717, 1.165) is 39.3 Å². The molecule has 1 heterocycles. The molecule has 1 aliphatic heterocycles. The first kappa shape index (κ1) is 13.5. The lowest BCUT2D eigenvalue weighted by atomic mass is 10.1. The van der Waals surface area contributed by atoms with Gasteiger partial charge in [-0.15, -0.1) is 0 Å². The fraction of sp³-hybridized carbons (Fsp3) is 0.600.